The van der Waals surface area contributed by atoms with Crippen molar-refractivity contribution in [2.45, 2.75) is 90.3 Å². The van der Waals surface area contributed by atoms with Gasteiger partial charge in [-0.05, 0) is 63.3 Å². The zero-order valence-corrected chi connectivity index (χ0v) is 20.7. The molecule has 7 nitrogen and oxygen atoms in total. The fraction of sp³-hybridized carbons (Fsp3) is 0.692. The van der Waals surface area contributed by atoms with Crippen molar-refractivity contribution in [2.24, 2.45) is 5.41 Å². The maximum absolute atomic E-state index is 12.6. The molecule has 0 amide bonds. The summed E-state index contributed by atoms with van der Waals surface area (Å²) in [6.45, 7) is 3.74. The minimum Gasteiger partial charge on any atom is -0.504 e. The standard InChI is InChI=1S/C26H41NO6/c1-5-6-7-10-23(32-19(2)28)26(15-8-9-16-26)24(33-25(30)18-27-3)14-12-20-11-13-21(29)22(17-20)31-4/h11,13,17,23-24,27,29H,5-10,12,14-16,18H2,1-4H3. The second-order valence-electron chi connectivity index (χ2n) is 9.09. The van der Waals surface area contributed by atoms with Gasteiger partial charge in [0.05, 0.1) is 13.7 Å². The molecule has 2 rings (SSSR count). The van der Waals surface area contributed by atoms with Crippen LogP contribution >= 0.6 is 0 Å². The van der Waals surface area contributed by atoms with E-state index in [4.69, 9.17) is 14.2 Å². The molecular weight excluding hydrogens is 422 g/mol. The summed E-state index contributed by atoms with van der Waals surface area (Å²) in [6.07, 6.45) is 8.32. The van der Waals surface area contributed by atoms with E-state index in [-0.39, 0.29) is 41.9 Å². The molecule has 2 atom stereocenters. The smallest absolute Gasteiger partial charge is 0.320 e. The van der Waals surface area contributed by atoms with E-state index >= 15 is 0 Å². The third-order valence-electron chi connectivity index (χ3n) is 6.73. The van der Waals surface area contributed by atoms with Gasteiger partial charge in [-0.25, -0.2) is 0 Å². The Balaban J connectivity index is 2.32. The lowest BCUT2D eigenvalue weighted by molar-refractivity contribution is -0.174. The molecule has 33 heavy (non-hydrogen) atoms. The number of carbonyl (C=O) groups excluding carboxylic acids is 2. The number of methoxy groups -OCH3 is 1. The molecule has 1 aromatic carbocycles. The molecule has 0 radical (unpaired) electrons. The van der Waals surface area contributed by atoms with Crippen LogP contribution in [0.1, 0.15) is 77.2 Å². The van der Waals surface area contributed by atoms with Crippen LogP contribution in [0, 0.1) is 5.41 Å². The minimum atomic E-state index is -0.385. The topological polar surface area (TPSA) is 94.1 Å². The molecule has 0 bridgehead atoms. The second-order valence-corrected chi connectivity index (χ2v) is 9.09. The number of hydrogen-bond donors (Lipinski definition) is 2. The fourth-order valence-electron chi connectivity index (χ4n) is 5.11. The SMILES string of the molecule is CCCCCC(OC(C)=O)C1(C(CCc2ccc(O)c(OC)c2)OC(=O)CNC)CCCC1. The van der Waals surface area contributed by atoms with Crippen molar-refractivity contribution in [1.29, 1.82) is 0 Å². The van der Waals surface area contributed by atoms with Crippen molar-refractivity contribution in [1.82, 2.24) is 5.32 Å². The summed E-state index contributed by atoms with van der Waals surface area (Å²) in [4.78, 5) is 24.6. The number of unbranched alkanes of at least 4 members (excludes halogenated alkanes) is 2. The van der Waals surface area contributed by atoms with E-state index in [0.29, 0.717) is 18.6 Å². The van der Waals surface area contributed by atoms with Crippen LogP contribution in [0.3, 0.4) is 0 Å². The number of nitrogens with one attached hydrogen (secondary N) is 1. The van der Waals surface area contributed by atoms with Gasteiger partial charge in [-0.1, -0.05) is 38.7 Å². The highest BCUT2D eigenvalue weighted by atomic mass is 16.6. The quantitative estimate of drug-likeness (QED) is 0.309. The van der Waals surface area contributed by atoms with Crippen molar-refractivity contribution in [3.05, 3.63) is 23.8 Å². The summed E-state index contributed by atoms with van der Waals surface area (Å²) in [5, 5.41) is 12.8. The summed E-state index contributed by atoms with van der Waals surface area (Å²) >= 11 is 0. The number of carbonyl (C=O) groups is 2. The van der Waals surface area contributed by atoms with Crippen LogP contribution in [-0.2, 0) is 25.5 Å². The number of phenols is 1. The van der Waals surface area contributed by atoms with Gasteiger partial charge in [0.25, 0.3) is 0 Å². The predicted molar refractivity (Wildman–Crippen MR) is 127 cm³/mol. The molecule has 1 aliphatic carbocycles. The molecule has 7 heteroatoms. The average Bonchev–Trinajstić information content (AvgIpc) is 3.28. The minimum absolute atomic E-state index is 0.0938. The first-order valence-electron chi connectivity index (χ1n) is 12.2. The Morgan fingerprint density at radius 3 is 2.42 bits per heavy atom. The zero-order chi connectivity index (χ0) is 24.3. The van der Waals surface area contributed by atoms with Crippen LogP contribution in [-0.4, -0.2) is 50.0 Å². The highest BCUT2D eigenvalue weighted by Gasteiger charge is 2.50. The first-order chi connectivity index (χ1) is 15.9. The van der Waals surface area contributed by atoms with Gasteiger partial charge in [0.1, 0.15) is 12.2 Å². The number of hydrogen-bond acceptors (Lipinski definition) is 7. The van der Waals surface area contributed by atoms with Crippen molar-refractivity contribution >= 4 is 11.9 Å². The molecule has 0 aromatic heterocycles. The highest BCUT2D eigenvalue weighted by molar-refractivity contribution is 5.72. The normalized spacial score (nSPS) is 16.7. The van der Waals surface area contributed by atoms with Crippen LogP contribution in [0.5, 0.6) is 11.5 Å². The molecular formula is C26H41NO6. The third-order valence-corrected chi connectivity index (χ3v) is 6.73. The molecule has 0 saturated heterocycles. The third kappa shape index (κ3) is 7.63. The molecule has 2 unspecified atom stereocenters. The Labute approximate surface area is 198 Å². The van der Waals surface area contributed by atoms with Gasteiger partial charge in [0.2, 0.25) is 0 Å². The largest absolute Gasteiger partial charge is 0.504 e. The zero-order valence-electron chi connectivity index (χ0n) is 20.7. The summed E-state index contributed by atoms with van der Waals surface area (Å²) < 4.78 is 17.2. The van der Waals surface area contributed by atoms with E-state index in [9.17, 15) is 14.7 Å². The fourth-order valence-corrected chi connectivity index (χ4v) is 5.11. The van der Waals surface area contributed by atoms with Crippen LogP contribution in [0.15, 0.2) is 18.2 Å². The summed E-state index contributed by atoms with van der Waals surface area (Å²) in [5.74, 6) is -0.0703. The van der Waals surface area contributed by atoms with Crippen LogP contribution in [0.4, 0.5) is 0 Å². The van der Waals surface area contributed by atoms with Gasteiger partial charge >= 0.3 is 11.9 Å². The molecule has 0 aliphatic heterocycles. The lowest BCUT2D eigenvalue weighted by Crippen LogP contribution is -2.48. The van der Waals surface area contributed by atoms with E-state index in [1.54, 1.807) is 13.1 Å². The van der Waals surface area contributed by atoms with Gasteiger partial charge < -0.3 is 24.6 Å². The number of phenolic OH excluding ortho intramolecular Hbond substituents is 1. The van der Waals surface area contributed by atoms with Crippen molar-refractivity contribution < 1.29 is 28.9 Å². The Morgan fingerprint density at radius 2 is 1.82 bits per heavy atom. The van der Waals surface area contributed by atoms with Crippen molar-refractivity contribution in [3.8, 4) is 11.5 Å². The van der Waals surface area contributed by atoms with Crippen molar-refractivity contribution in [3.63, 3.8) is 0 Å². The summed E-state index contributed by atoms with van der Waals surface area (Å²) in [5.41, 5.74) is 0.603. The number of likely N-dealkylation sites (N-methyl/N-ethyl adjacent to an activating group) is 1. The predicted octanol–water partition coefficient (Wildman–Crippen LogP) is 4.54. The van der Waals surface area contributed by atoms with Crippen LogP contribution in [0.2, 0.25) is 0 Å². The van der Waals surface area contributed by atoms with Crippen LogP contribution < -0.4 is 10.1 Å². The molecule has 186 valence electrons. The van der Waals surface area contributed by atoms with Gasteiger partial charge in [-0.3, -0.25) is 9.59 Å². The first-order valence-corrected chi connectivity index (χ1v) is 12.2. The lowest BCUT2D eigenvalue weighted by Gasteiger charge is -2.42. The Morgan fingerprint density at radius 1 is 1.12 bits per heavy atom. The Bertz CT molecular complexity index is 759. The molecule has 0 spiro atoms. The van der Waals surface area contributed by atoms with Gasteiger partial charge in [0.15, 0.2) is 11.5 Å². The highest BCUT2D eigenvalue weighted by Crippen LogP contribution is 2.49. The molecule has 1 aromatic rings. The summed E-state index contributed by atoms with van der Waals surface area (Å²) in [7, 11) is 3.24. The van der Waals surface area contributed by atoms with Crippen LogP contribution in [0.25, 0.3) is 0 Å². The molecule has 0 heterocycles. The molecule has 1 aliphatic rings. The lowest BCUT2D eigenvalue weighted by atomic mass is 9.71. The molecule has 1 fully saturated rings. The van der Waals surface area contributed by atoms with E-state index in [1.165, 1.54) is 14.0 Å². The maximum Gasteiger partial charge on any atom is 0.320 e. The number of aromatic hydroxyl groups is 1. The Kier molecular flexibility index (Phi) is 11.0. The van der Waals surface area contributed by atoms with E-state index in [1.807, 2.05) is 12.1 Å². The summed E-state index contributed by atoms with van der Waals surface area (Å²) in [6, 6.07) is 5.29. The van der Waals surface area contributed by atoms with Gasteiger partial charge in [-0.15, -0.1) is 0 Å². The van der Waals surface area contributed by atoms with E-state index < -0.39 is 0 Å². The number of rotatable bonds is 14. The number of aryl methyl sites for hydroxylation is 1. The van der Waals surface area contributed by atoms with Gasteiger partial charge in [0, 0.05) is 12.3 Å². The van der Waals surface area contributed by atoms with E-state index in [2.05, 4.69) is 12.2 Å². The monoisotopic (exact) mass is 463 g/mol. The van der Waals surface area contributed by atoms with E-state index in [0.717, 1.165) is 56.9 Å². The second kappa shape index (κ2) is 13.4. The first kappa shape index (κ1) is 27.0. The number of ether oxygens (including phenoxy) is 3. The number of benzene rings is 1. The number of esters is 2. The molecule has 1 saturated carbocycles. The Hall–Kier alpha value is -2.28. The van der Waals surface area contributed by atoms with Gasteiger partial charge in [-0.2, -0.15) is 0 Å². The molecule has 2 N–H and O–H groups in total. The average molecular weight is 464 g/mol. The maximum atomic E-state index is 12.6. The van der Waals surface area contributed by atoms with Crippen molar-refractivity contribution in [2.75, 3.05) is 20.7 Å².